The number of aryl methyl sites for hydroxylation is 1. The average molecular weight is 489 g/mol. The zero-order valence-electron chi connectivity index (χ0n) is 19.8. The fourth-order valence-corrected chi connectivity index (χ4v) is 5.74. The molecule has 3 N–H and O–H groups in total. The van der Waals surface area contributed by atoms with E-state index in [2.05, 4.69) is 27.8 Å². The van der Waals surface area contributed by atoms with Gasteiger partial charge in [0.15, 0.2) is 9.84 Å². The van der Waals surface area contributed by atoms with Crippen molar-refractivity contribution in [3.63, 3.8) is 0 Å². The van der Waals surface area contributed by atoms with Gasteiger partial charge < -0.3 is 15.6 Å². The van der Waals surface area contributed by atoms with Gasteiger partial charge in [0.2, 0.25) is 0 Å². The van der Waals surface area contributed by atoms with Crippen LogP contribution in [-0.2, 0) is 9.84 Å². The van der Waals surface area contributed by atoms with Crippen molar-refractivity contribution in [2.75, 3.05) is 24.7 Å². The average Bonchev–Trinajstić information content (AvgIpc) is 2.84. The third-order valence-corrected chi connectivity index (χ3v) is 7.86. The largest absolute Gasteiger partial charge is 0.340 e. The quantitative estimate of drug-likeness (QED) is 0.382. The zero-order valence-corrected chi connectivity index (χ0v) is 20.6. The summed E-state index contributed by atoms with van der Waals surface area (Å²) in [7, 11) is -3.39. The number of hydrogen-bond donors (Lipinski definition) is 3. The van der Waals surface area contributed by atoms with Gasteiger partial charge in [-0.05, 0) is 85.6 Å². The van der Waals surface area contributed by atoms with Gasteiger partial charge in [-0.2, -0.15) is 0 Å². The summed E-state index contributed by atoms with van der Waals surface area (Å²) in [4.78, 5) is 20.5. The number of rotatable bonds is 5. The molecule has 4 aromatic rings. The number of hydrogen-bond acceptors (Lipinski definition) is 6. The molecule has 3 heterocycles. The normalized spacial score (nSPS) is 14.8. The first kappa shape index (κ1) is 23.3. The number of sulfone groups is 1. The van der Waals surface area contributed by atoms with E-state index in [0.717, 1.165) is 31.6 Å². The van der Waals surface area contributed by atoms with Gasteiger partial charge in [0, 0.05) is 23.7 Å². The molecule has 0 aliphatic carbocycles. The molecule has 0 saturated carbocycles. The molecule has 1 aliphatic rings. The highest BCUT2D eigenvalue weighted by molar-refractivity contribution is 7.90. The number of nitrogens with zero attached hydrogens (tertiary/aromatic N) is 1. The molecule has 1 fully saturated rings. The number of piperidine rings is 1. The minimum atomic E-state index is -3.39. The van der Waals surface area contributed by atoms with Crippen LogP contribution in [0.2, 0.25) is 0 Å². The molecule has 1 saturated heterocycles. The second-order valence-electron chi connectivity index (χ2n) is 9.15. The van der Waals surface area contributed by atoms with Gasteiger partial charge in [0.25, 0.3) is 5.56 Å². The fourth-order valence-electron chi connectivity index (χ4n) is 4.74. The highest BCUT2D eigenvalue weighted by Crippen LogP contribution is 2.31. The van der Waals surface area contributed by atoms with Gasteiger partial charge in [-0.15, -0.1) is 0 Å². The number of anilines is 2. The lowest BCUT2D eigenvalue weighted by Gasteiger charge is -2.23. The smallest absolute Gasteiger partial charge is 0.259 e. The van der Waals surface area contributed by atoms with Crippen LogP contribution in [0.1, 0.15) is 29.9 Å². The highest BCUT2D eigenvalue weighted by Gasteiger charge is 2.17. The second kappa shape index (κ2) is 9.28. The molecule has 5 rings (SSSR count). The van der Waals surface area contributed by atoms with Crippen molar-refractivity contribution in [2.45, 2.75) is 30.6 Å². The van der Waals surface area contributed by atoms with E-state index in [4.69, 9.17) is 4.98 Å². The van der Waals surface area contributed by atoms with Crippen LogP contribution in [0.4, 0.5) is 11.5 Å². The van der Waals surface area contributed by atoms with E-state index in [-0.39, 0.29) is 10.5 Å². The number of aromatic nitrogens is 2. The van der Waals surface area contributed by atoms with E-state index in [9.17, 15) is 13.2 Å². The molecule has 0 bridgehead atoms. The van der Waals surface area contributed by atoms with Crippen molar-refractivity contribution in [3.05, 3.63) is 82.3 Å². The predicted molar refractivity (Wildman–Crippen MR) is 140 cm³/mol. The van der Waals surface area contributed by atoms with Crippen molar-refractivity contribution in [3.8, 4) is 11.3 Å². The van der Waals surface area contributed by atoms with E-state index >= 15 is 0 Å². The minimum absolute atomic E-state index is 0.240. The van der Waals surface area contributed by atoms with Crippen LogP contribution in [0.15, 0.2) is 70.5 Å². The van der Waals surface area contributed by atoms with E-state index in [1.165, 1.54) is 11.8 Å². The molecule has 0 radical (unpaired) electrons. The summed E-state index contributed by atoms with van der Waals surface area (Å²) in [6.45, 7) is 3.85. The Balaban J connectivity index is 1.56. The number of aromatic amines is 1. The molecule has 2 aromatic heterocycles. The Morgan fingerprint density at radius 1 is 1.00 bits per heavy atom. The van der Waals surface area contributed by atoms with Gasteiger partial charge in [0.05, 0.1) is 16.0 Å². The Morgan fingerprint density at radius 3 is 2.46 bits per heavy atom. The van der Waals surface area contributed by atoms with E-state index in [1.54, 1.807) is 25.3 Å². The van der Waals surface area contributed by atoms with Crippen LogP contribution in [0.3, 0.4) is 0 Å². The Morgan fingerprint density at radius 2 is 1.74 bits per heavy atom. The SMILES string of the molecule is Cc1ccc(-c2cc3cc[nH]c(=O)c3c(Nc3ccc(C4CCNCC4)cc3)n2)cc1S(C)(=O)=O. The molecular weight excluding hydrogens is 460 g/mol. The number of benzene rings is 2. The lowest BCUT2D eigenvalue weighted by molar-refractivity contribution is 0.460. The van der Waals surface area contributed by atoms with E-state index < -0.39 is 9.84 Å². The molecule has 0 amide bonds. The molecular formula is C27H28N4O3S. The molecule has 0 unspecified atom stereocenters. The molecule has 0 atom stereocenters. The summed E-state index contributed by atoms with van der Waals surface area (Å²) >= 11 is 0. The summed E-state index contributed by atoms with van der Waals surface area (Å²) in [5, 5.41) is 7.89. The maximum absolute atomic E-state index is 12.7. The summed E-state index contributed by atoms with van der Waals surface area (Å²) in [6, 6.07) is 17.2. The standard InChI is InChI=1S/C27H28N4O3S/c1-17-3-4-20(16-24(17)35(2,33)34)23-15-21-11-14-29-27(32)25(21)26(31-23)30-22-7-5-18(6-8-22)19-9-12-28-13-10-19/h3-8,11,14-16,19,28H,9-10,12-13H2,1-2H3,(H,29,32)(H,30,31). The summed E-state index contributed by atoms with van der Waals surface area (Å²) in [6.07, 6.45) is 5.06. The first-order chi connectivity index (χ1) is 16.8. The Hall–Kier alpha value is -3.49. The van der Waals surface area contributed by atoms with E-state index in [1.807, 2.05) is 30.3 Å². The monoisotopic (exact) mass is 488 g/mol. The number of nitrogens with one attached hydrogen (secondary N) is 3. The van der Waals surface area contributed by atoms with Crippen LogP contribution in [0.5, 0.6) is 0 Å². The van der Waals surface area contributed by atoms with Crippen molar-refractivity contribution in [2.24, 2.45) is 0 Å². The van der Waals surface area contributed by atoms with Gasteiger partial charge in [0.1, 0.15) is 5.82 Å². The third-order valence-electron chi connectivity index (χ3n) is 6.62. The Bertz CT molecular complexity index is 1550. The molecule has 1 aliphatic heterocycles. The van der Waals surface area contributed by atoms with Gasteiger partial charge in [-0.1, -0.05) is 24.3 Å². The maximum atomic E-state index is 12.7. The molecule has 8 heteroatoms. The molecule has 0 spiro atoms. The number of H-pyrrole nitrogens is 1. The number of pyridine rings is 2. The second-order valence-corrected chi connectivity index (χ2v) is 11.1. The minimum Gasteiger partial charge on any atom is -0.340 e. The molecule has 2 aromatic carbocycles. The van der Waals surface area contributed by atoms with Gasteiger partial charge >= 0.3 is 0 Å². The predicted octanol–water partition coefficient (Wildman–Crippen LogP) is 4.51. The first-order valence-corrected chi connectivity index (χ1v) is 13.6. The first-order valence-electron chi connectivity index (χ1n) is 11.7. The Kier molecular flexibility index (Phi) is 6.17. The third kappa shape index (κ3) is 4.85. The molecule has 180 valence electrons. The highest BCUT2D eigenvalue weighted by atomic mass is 32.2. The van der Waals surface area contributed by atoms with Crippen LogP contribution >= 0.6 is 0 Å². The van der Waals surface area contributed by atoms with Crippen molar-refractivity contribution >= 4 is 32.1 Å². The van der Waals surface area contributed by atoms with Crippen LogP contribution in [0.25, 0.3) is 22.0 Å². The number of fused-ring (bicyclic) bond motifs is 1. The van der Waals surface area contributed by atoms with Crippen molar-refractivity contribution < 1.29 is 8.42 Å². The lowest BCUT2D eigenvalue weighted by Crippen LogP contribution is -2.26. The molecule has 35 heavy (non-hydrogen) atoms. The van der Waals surface area contributed by atoms with Gasteiger partial charge in [-0.25, -0.2) is 13.4 Å². The summed E-state index contributed by atoms with van der Waals surface area (Å²) in [5.74, 6) is 0.983. The molecule has 7 nitrogen and oxygen atoms in total. The lowest BCUT2D eigenvalue weighted by atomic mass is 9.90. The van der Waals surface area contributed by atoms with Crippen molar-refractivity contribution in [1.82, 2.24) is 15.3 Å². The van der Waals surface area contributed by atoms with Crippen LogP contribution < -0.4 is 16.2 Å². The summed E-state index contributed by atoms with van der Waals surface area (Å²) < 4.78 is 24.5. The van der Waals surface area contributed by atoms with Crippen LogP contribution in [0, 0.1) is 6.92 Å². The fraction of sp³-hybridized carbons (Fsp3) is 0.259. The van der Waals surface area contributed by atoms with Gasteiger partial charge in [-0.3, -0.25) is 4.79 Å². The summed E-state index contributed by atoms with van der Waals surface area (Å²) in [5.41, 5.74) is 3.84. The van der Waals surface area contributed by atoms with E-state index in [0.29, 0.717) is 39.3 Å². The maximum Gasteiger partial charge on any atom is 0.259 e. The zero-order chi connectivity index (χ0) is 24.6. The Labute approximate surface area is 204 Å². The topological polar surface area (TPSA) is 104 Å². The van der Waals surface area contributed by atoms with Crippen LogP contribution in [-0.4, -0.2) is 37.7 Å². The van der Waals surface area contributed by atoms with Crippen molar-refractivity contribution in [1.29, 1.82) is 0 Å².